The number of pyridine rings is 1. The third kappa shape index (κ3) is 7.98. The first kappa shape index (κ1) is 42.3. The summed E-state index contributed by atoms with van der Waals surface area (Å²) in [5.74, 6) is -3.81. The largest absolute Gasteiger partial charge is 0.489 e. The van der Waals surface area contributed by atoms with Crippen molar-refractivity contribution in [3.05, 3.63) is 36.5 Å². The number of anilines is 1. The van der Waals surface area contributed by atoms with Crippen LogP contribution in [-0.2, 0) is 24.4 Å². The predicted molar refractivity (Wildman–Crippen MR) is 209 cm³/mol. The van der Waals surface area contributed by atoms with Gasteiger partial charge in [-0.05, 0) is 82.4 Å². The average Bonchev–Trinajstić information content (AvgIpc) is 4.08. The number of allylic oxidation sites excluding steroid dienone is 1. The van der Waals surface area contributed by atoms with Gasteiger partial charge < -0.3 is 29.7 Å². The first-order valence-electron chi connectivity index (χ1n) is 20.0. The number of ether oxygens (including phenoxy) is 2. The van der Waals surface area contributed by atoms with Crippen LogP contribution in [-0.4, -0.2) is 120 Å². The van der Waals surface area contributed by atoms with Crippen molar-refractivity contribution in [3.8, 4) is 11.6 Å². The number of likely N-dealkylation sites (N-methyl/N-ethyl adjacent to an activating group) is 1. The highest BCUT2D eigenvalue weighted by atomic mass is 32.2. The Morgan fingerprint density at radius 3 is 2.51 bits per heavy atom. The molecule has 0 unspecified atom stereocenters. The van der Waals surface area contributed by atoms with Gasteiger partial charge in [0.1, 0.15) is 35.9 Å². The number of alkyl halides is 3. The summed E-state index contributed by atoms with van der Waals surface area (Å²) >= 11 is 0. The molecule has 0 radical (unpaired) electrons. The van der Waals surface area contributed by atoms with Crippen LogP contribution in [0.3, 0.4) is 0 Å². The molecule has 19 heteroatoms. The van der Waals surface area contributed by atoms with Gasteiger partial charge in [0, 0.05) is 36.4 Å². The second kappa shape index (κ2) is 15.3. The first-order chi connectivity index (χ1) is 27.7. The summed E-state index contributed by atoms with van der Waals surface area (Å²) in [5.41, 5.74) is -3.88. The van der Waals surface area contributed by atoms with Gasteiger partial charge >= 0.3 is 12.3 Å². The minimum atomic E-state index is -5.09. The summed E-state index contributed by atoms with van der Waals surface area (Å²) in [6.07, 6.45) is -1.20. The summed E-state index contributed by atoms with van der Waals surface area (Å²) in [4.78, 5) is 64.1. The number of amides is 4. The number of hydrogen-bond acceptors (Lipinski definition) is 10. The minimum absolute atomic E-state index is 0.0607. The molecule has 1 aromatic heterocycles. The molecule has 3 fully saturated rings. The molecular weight excluding hydrogens is 798 g/mol. The van der Waals surface area contributed by atoms with Crippen molar-refractivity contribution in [2.24, 2.45) is 17.8 Å². The van der Waals surface area contributed by atoms with E-state index in [-0.39, 0.29) is 42.5 Å². The minimum Gasteiger partial charge on any atom is -0.489 e. The zero-order valence-corrected chi connectivity index (χ0v) is 34.4. The quantitative estimate of drug-likeness (QED) is 0.331. The van der Waals surface area contributed by atoms with Crippen molar-refractivity contribution >= 4 is 50.3 Å². The number of halogens is 3. The fourth-order valence-corrected chi connectivity index (χ4v) is 10.1. The lowest BCUT2D eigenvalue weighted by atomic mass is 9.85. The Bertz CT molecular complexity index is 2170. The number of hydrogen-bond donors (Lipinski definition) is 3. The van der Waals surface area contributed by atoms with Crippen LogP contribution >= 0.6 is 0 Å². The molecule has 7 atom stereocenters. The first-order valence-corrected chi connectivity index (χ1v) is 21.6. The van der Waals surface area contributed by atoms with Gasteiger partial charge in [-0.3, -0.25) is 24.0 Å². The molecule has 3 N–H and O–H groups in total. The van der Waals surface area contributed by atoms with Gasteiger partial charge in [0.05, 0.1) is 24.0 Å². The van der Waals surface area contributed by atoms with E-state index in [2.05, 4.69) is 15.0 Å². The highest BCUT2D eigenvalue weighted by Crippen LogP contribution is 2.47. The van der Waals surface area contributed by atoms with Gasteiger partial charge in [0.25, 0.3) is 5.91 Å². The summed E-state index contributed by atoms with van der Waals surface area (Å²) in [6.45, 7) is 5.55. The molecule has 0 bridgehead atoms. The second-order valence-electron chi connectivity index (χ2n) is 17.3. The topological polar surface area (TPSA) is 188 Å². The number of benzene rings is 1. The van der Waals surface area contributed by atoms with E-state index in [1.54, 1.807) is 18.2 Å². The van der Waals surface area contributed by atoms with E-state index < -0.39 is 86.4 Å². The summed E-state index contributed by atoms with van der Waals surface area (Å²) < 4.78 is 84.6. The predicted octanol–water partition coefficient (Wildman–Crippen LogP) is 4.60. The van der Waals surface area contributed by atoms with E-state index in [1.807, 2.05) is 31.0 Å². The highest BCUT2D eigenvalue weighted by molar-refractivity contribution is 7.91. The molecular formula is C40H51F3N6O9S. The number of carbonyl (C=O) groups is 4. The van der Waals surface area contributed by atoms with Crippen LogP contribution in [0.4, 0.5) is 23.7 Å². The van der Waals surface area contributed by atoms with E-state index in [9.17, 15) is 41.1 Å². The maximum Gasteiger partial charge on any atom is 0.411 e. The number of nitrogens with zero attached hydrogens (tertiary/aromatic N) is 4. The third-order valence-electron chi connectivity index (χ3n) is 12.6. The Morgan fingerprint density at radius 2 is 1.83 bits per heavy atom. The summed E-state index contributed by atoms with van der Waals surface area (Å²) in [5, 5.41) is 13.7. The van der Waals surface area contributed by atoms with Crippen molar-refractivity contribution in [2.45, 2.75) is 113 Å². The van der Waals surface area contributed by atoms with E-state index in [4.69, 9.17) is 9.47 Å². The number of aromatic nitrogens is 1. The Morgan fingerprint density at radius 1 is 1.10 bits per heavy atom. The van der Waals surface area contributed by atoms with Crippen LogP contribution in [0.2, 0.25) is 0 Å². The van der Waals surface area contributed by atoms with Gasteiger partial charge in [-0.15, -0.1) is 0 Å². The van der Waals surface area contributed by atoms with Gasteiger partial charge in [0.2, 0.25) is 27.7 Å². The molecule has 1 aromatic carbocycles. The van der Waals surface area contributed by atoms with Gasteiger partial charge in [-0.1, -0.05) is 26.0 Å². The molecule has 4 heterocycles. The fraction of sp³-hybridized carbons (Fsp3) is 0.625. The zero-order valence-electron chi connectivity index (χ0n) is 33.6. The summed E-state index contributed by atoms with van der Waals surface area (Å²) in [6, 6.07) is 2.05. The van der Waals surface area contributed by atoms with E-state index in [1.165, 1.54) is 13.1 Å². The smallest absolute Gasteiger partial charge is 0.411 e. The maximum absolute atomic E-state index is 15.0. The SMILES string of the molecule is C[C@H]1CC/C=C\[C@@H]2C[C@@]2(C(=O)NS(=O)(=O)C2CC2)NC(=O)[C@@H]2C[C@@H](Oc3nccc4c5c(ccc34)N(C)CCO5)CN2C(=O)[C@@H](N(C(=O)O)C(C)(C)C(F)(F)F)[C@H](C)C1. The Hall–Kier alpha value is -4.81. The van der Waals surface area contributed by atoms with E-state index in [0.717, 1.165) is 10.6 Å². The Labute approximate surface area is 340 Å². The van der Waals surface area contributed by atoms with Gasteiger partial charge in [0.15, 0.2) is 5.75 Å². The molecule has 3 aliphatic heterocycles. The summed E-state index contributed by atoms with van der Waals surface area (Å²) in [7, 11) is -2.09. The Balaban J connectivity index is 1.29. The monoisotopic (exact) mass is 848 g/mol. The van der Waals surface area contributed by atoms with Crippen LogP contribution in [0, 0.1) is 17.8 Å². The molecule has 0 spiro atoms. The highest BCUT2D eigenvalue weighted by Gasteiger charge is 2.63. The van der Waals surface area contributed by atoms with Gasteiger partial charge in [-0.2, -0.15) is 13.2 Å². The van der Waals surface area contributed by atoms with Crippen molar-refractivity contribution in [2.75, 3.05) is 31.6 Å². The second-order valence-corrected chi connectivity index (χ2v) is 19.3. The number of carbonyl (C=O) groups excluding carboxylic acids is 3. The molecule has 5 aliphatic rings. The molecule has 2 aromatic rings. The molecule has 15 nitrogen and oxygen atoms in total. The van der Waals surface area contributed by atoms with Crippen LogP contribution < -0.4 is 24.4 Å². The van der Waals surface area contributed by atoms with Crippen LogP contribution in [0.1, 0.15) is 72.6 Å². The van der Waals surface area contributed by atoms with Gasteiger partial charge in [-0.25, -0.2) is 18.2 Å². The number of rotatable bonds is 7. The lowest BCUT2D eigenvalue weighted by Gasteiger charge is -2.45. The lowest BCUT2D eigenvalue weighted by molar-refractivity contribution is -0.222. The van der Waals surface area contributed by atoms with Crippen LogP contribution in [0.15, 0.2) is 36.5 Å². The molecule has 2 saturated carbocycles. The maximum atomic E-state index is 15.0. The average molecular weight is 849 g/mol. The molecule has 4 amide bonds. The molecule has 59 heavy (non-hydrogen) atoms. The van der Waals surface area contributed by atoms with Crippen LogP contribution in [0.25, 0.3) is 10.8 Å². The lowest BCUT2D eigenvalue weighted by Crippen LogP contribution is -2.66. The standard InChI is InChI=1S/C40H51F3N6O9S/c1-22-8-6-7-9-24-20-39(24,36(52)46-59(55,56)26-10-11-26)45-33(50)30-19-25(58-34-28-12-13-29-32(27(28)14-15-44-34)57-17-16-47(29)5)21-48(30)35(51)31(23(2)18-22)49(37(53)54)38(3,4)40(41,42)43/h7,9,12-15,22-26,30-31H,6,8,10-11,16-21H2,1-5H3,(H,45,50)(H,46,52)(H,53,54)/b9-7-/t22-,23+,24+,25+,30-,31-,39+/m0/s1. The normalized spacial score (nSPS) is 29.8. The number of sulfonamides is 1. The Kier molecular flexibility index (Phi) is 11.0. The molecule has 2 aliphatic carbocycles. The van der Waals surface area contributed by atoms with Crippen molar-refractivity contribution in [1.82, 2.24) is 24.8 Å². The van der Waals surface area contributed by atoms with Crippen molar-refractivity contribution in [3.63, 3.8) is 0 Å². The van der Waals surface area contributed by atoms with Crippen molar-refractivity contribution < 1.29 is 55.3 Å². The number of carboxylic acid groups (broad SMARTS) is 1. The molecule has 1 saturated heterocycles. The van der Waals surface area contributed by atoms with Crippen molar-refractivity contribution in [1.29, 1.82) is 0 Å². The number of nitrogens with one attached hydrogen (secondary N) is 2. The van der Waals surface area contributed by atoms with Crippen LogP contribution in [0.5, 0.6) is 11.6 Å². The number of fused-ring (bicyclic) bond motifs is 5. The molecule has 322 valence electrons. The third-order valence-corrected chi connectivity index (χ3v) is 14.4. The zero-order chi connectivity index (χ0) is 42.8. The van der Waals surface area contributed by atoms with E-state index in [0.29, 0.717) is 69.2 Å². The van der Waals surface area contributed by atoms with E-state index >= 15 is 4.79 Å². The fourth-order valence-electron chi connectivity index (χ4n) is 8.78. The molecule has 7 rings (SSSR count).